The second kappa shape index (κ2) is 10.3. The van der Waals surface area contributed by atoms with Crippen LogP contribution in [0.15, 0.2) is 83.8 Å². The van der Waals surface area contributed by atoms with Crippen LogP contribution in [0, 0.1) is 0 Å². The molecule has 0 bridgehead atoms. The van der Waals surface area contributed by atoms with Gasteiger partial charge >= 0.3 is 0 Å². The molecule has 0 aromatic heterocycles. The standard InChI is InChI=1S/C25H28N2O4S/c1-4-31-23-16-14-22(15-17-23)27(32(29,30)24-8-6-5-7-9-24)18-25(28)26-21-12-10-20(11-13-21)19(2)3/h5-17,19H,4,18H2,1-3H3,(H,26,28). The molecule has 168 valence electrons. The summed E-state index contributed by atoms with van der Waals surface area (Å²) in [5.74, 6) is 0.574. The van der Waals surface area contributed by atoms with Crippen molar-refractivity contribution in [2.24, 2.45) is 0 Å². The molecular formula is C25H28N2O4S. The van der Waals surface area contributed by atoms with Crippen LogP contribution in [0.5, 0.6) is 5.75 Å². The number of sulfonamides is 1. The molecule has 0 saturated heterocycles. The monoisotopic (exact) mass is 452 g/mol. The summed E-state index contributed by atoms with van der Waals surface area (Å²) in [7, 11) is -3.95. The van der Waals surface area contributed by atoms with Gasteiger partial charge in [0.1, 0.15) is 12.3 Å². The minimum atomic E-state index is -3.95. The highest BCUT2D eigenvalue weighted by atomic mass is 32.2. The first-order valence-electron chi connectivity index (χ1n) is 10.5. The predicted octanol–water partition coefficient (Wildman–Crippen LogP) is 5.04. The SMILES string of the molecule is CCOc1ccc(N(CC(=O)Nc2ccc(C(C)C)cc2)S(=O)(=O)c2ccccc2)cc1. The lowest BCUT2D eigenvalue weighted by molar-refractivity contribution is -0.114. The molecule has 0 fully saturated rings. The lowest BCUT2D eigenvalue weighted by Gasteiger charge is -2.24. The van der Waals surface area contributed by atoms with Gasteiger partial charge in [-0.1, -0.05) is 44.2 Å². The van der Waals surface area contributed by atoms with Crippen LogP contribution in [0.2, 0.25) is 0 Å². The van der Waals surface area contributed by atoms with E-state index in [9.17, 15) is 13.2 Å². The molecule has 0 saturated carbocycles. The zero-order chi connectivity index (χ0) is 23.1. The number of carbonyl (C=O) groups excluding carboxylic acids is 1. The van der Waals surface area contributed by atoms with Crippen molar-refractivity contribution in [1.82, 2.24) is 0 Å². The average Bonchev–Trinajstić information content (AvgIpc) is 2.79. The van der Waals surface area contributed by atoms with Gasteiger partial charge in [0.15, 0.2) is 0 Å². The van der Waals surface area contributed by atoms with Gasteiger partial charge in [0.2, 0.25) is 5.91 Å². The van der Waals surface area contributed by atoms with Crippen molar-refractivity contribution in [3.05, 3.63) is 84.4 Å². The molecule has 3 rings (SSSR count). The molecule has 1 N–H and O–H groups in total. The Hall–Kier alpha value is -3.32. The highest BCUT2D eigenvalue weighted by Gasteiger charge is 2.27. The molecule has 32 heavy (non-hydrogen) atoms. The predicted molar refractivity (Wildman–Crippen MR) is 128 cm³/mol. The summed E-state index contributed by atoms with van der Waals surface area (Å²) in [6, 6.07) is 22.3. The van der Waals surface area contributed by atoms with Gasteiger partial charge in [0.05, 0.1) is 17.2 Å². The van der Waals surface area contributed by atoms with Gasteiger partial charge in [0.25, 0.3) is 10.0 Å². The Morgan fingerprint density at radius 3 is 2.12 bits per heavy atom. The Balaban J connectivity index is 1.87. The average molecular weight is 453 g/mol. The minimum absolute atomic E-state index is 0.114. The number of amides is 1. The number of rotatable bonds is 9. The Bertz CT molecular complexity index is 1130. The number of benzene rings is 3. The van der Waals surface area contributed by atoms with Gasteiger partial charge in [-0.25, -0.2) is 8.42 Å². The smallest absolute Gasteiger partial charge is 0.264 e. The number of hydrogen-bond donors (Lipinski definition) is 1. The van der Waals surface area contributed by atoms with E-state index in [0.29, 0.717) is 29.6 Å². The third kappa shape index (κ3) is 5.68. The number of carbonyl (C=O) groups is 1. The van der Waals surface area contributed by atoms with Gasteiger partial charge in [0, 0.05) is 5.69 Å². The number of nitrogens with zero attached hydrogens (tertiary/aromatic N) is 1. The summed E-state index contributed by atoms with van der Waals surface area (Å²) < 4.78 is 33.3. The Morgan fingerprint density at radius 2 is 1.56 bits per heavy atom. The lowest BCUT2D eigenvalue weighted by atomic mass is 10.0. The lowest BCUT2D eigenvalue weighted by Crippen LogP contribution is -2.38. The van der Waals surface area contributed by atoms with Crippen LogP contribution in [0.25, 0.3) is 0 Å². The molecule has 0 aliphatic rings. The van der Waals surface area contributed by atoms with Crippen molar-refractivity contribution in [2.45, 2.75) is 31.6 Å². The summed E-state index contributed by atoms with van der Waals surface area (Å²) >= 11 is 0. The van der Waals surface area contributed by atoms with Crippen LogP contribution >= 0.6 is 0 Å². The maximum Gasteiger partial charge on any atom is 0.264 e. The fourth-order valence-electron chi connectivity index (χ4n) is 3.19. The highest BCUT2D eigenvalue weighted by molar-refractivity contribution is 7.92. The third-order valence-electron chi connectivity index (χ3n) is 4.92. The normalized spacial score (nSPS) is 11.2. The fraction of sp³-hybridized carbons (Fsp3) is 0.240. The fourth-order valence-corrected chi connectivity index (χ4v) is 4.63. The van der Waals surface area contributed by atoms with Gasteiger partial charge in [-0.15, -0.1) is 0 Å². The molecule has 0 unspecified atom stereocenters. The molecule has 6 nitrogen and oxygen atoms in total. The zero-order valence-corrected chi connectivity index (χ0v) is 19.3. The van der Waals surface area contributed by atoms with Crippen molar-refractivity contribution >= 4 is 27.3 Å². The minimum Gasteiger partial charge on any atom is -0.494 e. The second-order valence-corrected chi connectivity index (χ2v) is 9.44. The van der Waals surface area contributed by atoms with E-state index in [2.05, 4.69) is 19.2 Å². The van der Waals surface area contributed by atoms with Crippen LogP contribution in [0.4, 0.5) is 11.4 Å². The molecule has 0 heterocycles. The van der Waals surface area contributed by atoms with Crippen molar-refractivity contribution in [2.75, 3.05) is 22.8 Å². The third-order valence-corrected chi connectivity index (χ3v) is 6.70. The first kappa shape index (κ1) is 23.3. The summed E-state index contributed by atoms with van der Waals surface area (Å²) in [6.45, 7) is 6.20. The maximum atomic E-state index is 13.4. The molecule has 0 radical (unpaired) electrons. The Labute approximate surface area is 189 Å². The first-order chi connectivity index (χ1) is 15.3. The van der Waals surface area contributed by atoms with E-state index in [4.69, 9.17) is 4.74 Å². The van der Waals surface area contributed by atoms with E-state index in [1.54, 1.807) is 42.5 Å². The topological polar surface area (TPSA) is 75.7 Å². The quantitative estimate of drug-likeness (QED) is 0.493. The molecule has 0 atom stereocenters. The van der Waals surface area contributed by atoms with E-state index in [1.807, 2.05) is 31.2 Å². The highest BCUT2D eigenvalue weighted by Crippen LogP contribution is 2.26. The summed E-state index contributed by atoms with van der Waals surface area (Å²) in [4.78, 5) is 12.9. The molecular weight excluding hydrogens is 424 g/mol. The largest absolute Gasteiger partial charge is 0.494 e. The van der Waals surface area contributed by atoms with Gasteiger partial charge in [-0.2, -0.15) is 0 Å². The van der Waals surface area contributed by atoms with Gasteiger partial charge in [-0.3, -0.25) is 9.10 Å². The molecule has 7 heteroatoms. The first-order valence-corrected chi connectivity index (χ1v) is 12.0. The summed E-state index contributed by atoms with van der Waals surface area (Å²) in [6.07, 6.45) is 0. The summed E-state index contributed by atoms with van der Waals surface area (Å²) in [5, 5.41) is 2.79. The maximum absolute atomic E-state index is 13.4. The Morgan fingerprint density at radius 1 is 0.938 bits per heavy atom. The molecule has 3 aromatic carbocycles. The van der Waals surface area contributed by atoms with E-state index in [-0.39, 0.29) is 11.4 Å². The molecule has 0 aliphatic heterocycles. The van der Waals surface area contributed by atoms with Crippen LogP contribution in [0.3, 0.4) is 0 Å². The Kier molecular flexibility index (Phi) is 7.53. The van der Waals surface area contributed by atoms with E-state index < -0.39 is 15.9 Å². The number of nitrogens with one attached hydrogen (secondary N) is 1. The van der Waals surface area contributed by atoms with E-state index in [1.165, 1.54) is 12.1 Å². The molecule has 0 aliphatic carbocycles. The zero-order valence-electron chi connectivity index (χ0n) is 18.5. The number of ether oxygens (including phenoxy) is 1. The number of hydrogen-bond acceptors (Lipinski definition) is 4. The van der Waals surface area contributed by atoms with Crippen LogP contribution in [-0.2, 0) is 14.8 Å². The van der Waals surface area contributed by atoms with Crippen molar-refractivity contribution in [1.29, 1.82) is 0 Å². The number of anilines is 2. The van der Waals surface area contributed by atoms with Crippen LogP contribution in [-0.4, -0.2) is 27.5 Å². The second-order valence-electron chi connectivity index (χ2n) is 7.58. The van der Waals surface area contributed by atoms with Crippen LogP contribution < -0.4 is 14.4 Å². The molecule has 0 spiro atoms. The molecule has 3 aromatic rings. The van der Waals surface area contributed by atoms with Gasteiger partial charge < -0.3 is 10.1 Å². The molecule has 1 amide bonds. The van der Waals surface area contributed by atoms with Crippen LogP contribution in [0.1, 0.15) is 32.3 Å². The van der Waals surface area contributed by atoms with Crippen molar-refractivity contribution < 1.29 is 17.9 Å². The van der Waals surface area contributed by atoms with E-state index in [0.717, 1.165) is 9.87 Å². The van der Waals surface area contributed by atoms with Gasteiger partial charge in [-0.05, 0) is 66.9 Å². The van der Waals surface area contributed by atoms with E-state index >= 15 is 0 Å². The van der Waals surface area contributed by atoms with Crippen molar-refractivity contribution in [3.8, 4) is 5.75 Å². The van der Waals surface area contributed by atoms with Crippen molar-refractivity contribution in [3.63, 3.8) is 0 Å². The summed E-state index contributed by atoms with van der Waals surface area (Å²) in [5.41, 5.74) is 2.15.